The van der Waals surface area contributed by atoms with Crippen LogP contribution in [0, 0.1) is 0 Å². The Bertz CT molecular complexity index is 327. The van der Waals surface area contributed by atoms with Crippen LogP contribution in [-0.2, 0) is 4.79 Å². The van der Waals surface area contributed by atoms with Crippen molar-refractivity contribution in [2.24, 2.45) is 0 Å². The average Bonchev–Trinajstić information content (AvgIpc) is 2.37. The van der Waals surface area contributed by atoms with Crippen LogP contribution in [-0.4, -0.2) is 30.6 Å². The summed E-state index contributed by atoms with van der Waals surface area (Å²) >= 11 is 0. The zero-order valence-corrected chi connectivity index (χ0v) is 10.1. The van der Waals surface area contributed by atoms with Crippen molar-refractivity contribution in [2.75, 3.05) is 19.6 Å². The molecule has 3 N–H and O–H groups in total. The second-order valence-electron chi connectivity index (χ2n) is 3.91. The van der Waals surface area contributed by atoms with Gasteiger partial charge in [0.25, 0.3) is 0 Å². The molecule has 1 unspecified atom stereocenters. The van der Waals surface area contributed by atoms with Crippen molar-refractivity contribution in [2.45, 2.75) is 19.4 Å². The summed E-state index contributed by atoms with van der Waals surface area (Å²) in [7, 11) is 0. The van der Waals surface area contributed by atoms with Crippen LogP contribution in [0.3, 0.4) is 0 Å². The molecular weight excluding hydrogens is 216 g/mol. The lowest BCUT2D eigenvalue weighted by Crippen LogP contribution is -2.36. The molecule has 1 aromatic carbocycles. The van der Waals surface area contributed by atoms with Crippen molar-refractivity contribution < 1.29 is 9.90 Å². The topological polar surface area (TPSA) is 61.4 Å². The highest BCUT2D eigenvalue weighted by atomic mass is 16.3. The first-order valence-corrected chi connectivity index (χ1v) is 5.94. The quantitative estimate of drug-likeness (QED) is 0.615. The zero-order valence-electron chi connectivity index (χ0n) is 10.1. The molecule has 1 amide bonds. The first kappa shape index (κ1) is 13.7. The number of benzene rings is 1. The fourth-order valence-electron chi connectivity index (χ4n) is 1.44. The summed E-state index contributed by atoms with van der Waals surface area (Å²) in [5, 5.41) is 15.5. The molecule has 94 valence electrons. The molecule has 1 rings (SSSR count). The van der Waals surface area contributed by atoms with Crippen LogP contribution in [0.25, 0.3) is 0 Å². The maximum Gasteiger partial charge on any atom is 0.234 e. The third-order valence-corrected chi connectivity index (χ3v) is 2.39. The Balaban J connectivity index is 2.24. The van der Waals surface area contributed by atoms with Gasteiger partial charge in [-0.1, -0.05) is 37.3 Å². The van der Waals surface area contributed by atoms with Crippen LogP contribution in [0.1, 0.15) is 25.0 Å². The molecule has 0 heterocycles. The minimum atomic E-state index is -0.647. The zero-order chi connectivity index (χ0) is 12.5. The first-order valence-electron chi connectivity index (χ1n) is 5.94. The molecule has 17 heavy (non-hydrogen) atoms. The summed E-state index contributed by atoms with van der Waals surface area (Å²) in [5.41, 5.74) is 0.814. The summed E-state index contributed by atoms with van der Waals surface area (Å²) < 4.78 is 0. The summed E-state index contributed by atoms with van der Waals surface area (Å²) in [5.74, 6) is -0.0894. The Morgan fingerprint density at radius 3 is 2.71 bits per heavy atom. The highest BCUT2D eigenvalue weighted by Crippen LogP contribution is 2.10. The van der Waals surface area contributed by atoms with E-state index in [1.54, 1.807) is 0 Å². The number of aliphatic hydroxyl groups excluding tert-OH is 1. The number of hydrogen-bond acceptors (Lipinski definition) is 3. The molecule has 0 aliphatic rings. The van der Waals surface area contributed by atoms with Crippen molar-refractivity contribution in [1.82, 2.24) is 10.6 Å². The van der Waals surface area contributed by atoms with Gasteiger partial charge in [-0.3, -0.25) is 4.79 Å². The van der Waals surface area contributed by atoms with Gasteiger partial charge in [0.1, 0.15) is 0 Å². The van der Waals surface area contributed by atoms with E-state index in [1.807, 2.05) is 37.3 Å². The van der Waals surface area contributed by atoms with Gasteiger partial charge in [-0.15, -0.1) is 0 Å². The lowest BCUT2D eigenvalue weighted by molar-refractivity contribution is -0.120. The van der Waals surface area contributed by atoms with E-state index in [9.17, 15) is 9.90 Å². The van der Waals surface area contributed by atoms with Crippen LogP contribution < -0.4 is 10.6 Å². The van der Waals surface area contributed by atoms with Crippen molar-refractivity contribution in [3.63, 3.8) is 0 Å². The van der Waals surface area contributed by atoms with E-state index in [2.05, 4.69) is 10.6 Å². The van der Waals surface area contributed by atoms with Crippen molar-refractivity contribution >= 4 is 5.91 Å². The molecule has 0 saturated heterocycles. The lowest BCUT2D eigenvalue weighted by Gasteiger charge is -2.12. The second-order valence-corrected chi connectivity index (χ2v) is 3.91. The predicted octanol–water partition coefficient (Wildman–Crippen LogP) is 0.836. The molecule has 1 atom stereocenters. The molecule has 0 bridgehead atoms. The van der Waals surface area contributed by atoms with Crippen LogP contribution >= 0.6 is 0 Å². The monoisotopic (exact) mass is 236 g/mol. The van der Waals surface area contributed by atoms with E-state index in [-0.39, 0.29) is 12.5 Å². The van der Waals surface area contributed by atoms with Crippen LogP contribution in [0.2, 0.25) is 0 Å². The van der Waals surface area contributed by atoms with Crippen LogP contribution in [0.15, 0.2) is 30.3 Å². The van der Waals surface area contributed by atoms with Gasteiger partial charge in [-0.25, -0.2) is 0 Å². The number of amides is 1. The number of carbonyl (C=O) groups excluding carboxylic acids is 1. The average molecular weight is 236 g/mol. The maximum absolute atomic E-state index is 11.4. The molecule has 0 aromatic heterocycles. The lowest BCUT2D eigenvalue weighted by atomic mass is 10.1. The number of hydrogen-bond donors (Lipinski definition) is 3. The molecule has 1 aromatic rings. The van der Waals surface area contributed by atoms with Gasteiger partial charge in [-0.2, -0.15) is 0 Å². The summed E-state index contributed by atoms with van der Waals surface area (Å²) in [6, 6.07) is 9.30. The fourth-order valence-corrected chi connectivity index (χ4v) is 1.44. The van der Waals surface area contributed by atoms with Gasteiger partial charge in [-0.05, 0) is 18.5 Å². The number of rotatable bonds is 7. The number of carbonyl (C=O) groups is 1. The van der Waals surface area contributed by atoms with Crippen molar-refractivity contribution in [3.05, 3.63) is 35.9 Å². The maximum atomic E-state index is 11.4. The normalized spacial score (nSPS) is 12.1. The number of aliphatic hydroxyl groups is 1. The molecule has 4 nitrogen and oxygen atoms in total. The SMILES string of the molecule is CCCNCC(=O)NCC(O)c1ccccc1. The van der Waals surface area contributed by atoms with Crippen molar-refractivity contribution in [3.8, 4) is 0 Å². The molecule has 0 aliphatic carbocycles. The van der Waals surface area contributed by atoms with Crippen LogP contribution in [0.4, 0.5) is 0 Å². The largest absolute Gasteiger partial charge is 0.387 e. The standard InChI is InChI=1S/C13H20N2O2/c1-2-8-14-10-13(17)15-9-12(16)11-6-4-3-5-7-11/h3-7,12,14,16H,2,8-10H2,1H3,(H,15,17). The van der Waals surface area contributed by atoms with E-state index in [4.69, 9.17) is 0 Å². The summed E-state index contributed by atoms with van der Waals surface area (Å²) in [6.45, 7) is 3.42. The minimum absolute atomic E-state index is 0.0894. The molecule has 0 fully saturated rings. The van der Waals surface area contributed by atoms with Gasteiger partial charge in [0.15, 0.2) is 0 Å². The minimum Gasteiger partial charge on any atom is -0.387 e. The van der Waals surface area contributed by atoms with Crippen LogP contribution in [0.5, 0.6) is 0 Å². The Morgan fingerprint density at radius 1 is 1.35 bits per heavy atom. The van der Waals surface area contributed by atoms with E-state index < -0.39 is 6.10 Å². The Labute approximate surface area is 102 Å². The van der Waals surface area contributed by atoms with Gasteiger partial charge < -0.3 is 15.7 Å². The van der Waals surface area contributed by atoms with Gasteiger partial charge >= 0.3 is 0 Å². The summed E-state index contributed by atoms with van der Waals surface area (Å²) in [6.07, 6.45) is 0.353. The molecule has 0 radical (unpaired) electrons. The fraction of sp³-hybridized carbons (Fsp3) is 0.462. The molecule has 4 heteroatoms. The molecule has 0 aliphatic heterocycles. The third-order valence-electron chi connectivity index (χ3n) is 2.39. The molecular formula is C13H20N2O2. The third kappa shape index (κ3) is 5.47. The summed E-state index contributed by atoms with van der Waals surface area (Å²) in [4.78, 5) is 11.4. The van der Waals surface area contributed by atoms with Gasteiger partial charge in [0.05, 0.1) is 12.6 Å². The highest BCUT2D eigenvalue weighted by Gasteiger charge is 2.08. The highest BCUT2D eigenvalue weighted by molar-refractivity contribution is 5.78. The van der Waals surface area contributed by atoms with E-state index >= 15 is 0 Å². The van der Waals surface area contributed by atoms with E-state index in [0.717, 1.165) is 18.5 Å². The van der Waals surface area contributed by atoms with Gasteiger partial charge in [0.2, 0.25) is 5.91 Å². The number of nitrogens with one attached hydrogen (secondary N) is 2. The molecule has 0 spiro atoms. The van der Waals surface area contributed by atoms with Gasteiger partial charge in [0, 0.05) is 6.54 Å². The van der Waals surface area contributed by atoms with Crippen molar-refractivity contribution in [1.29, 1.82) is 0 Å². The molecule has 0 saturated carbocycles. The van der Waals surface area contributed by atoms with E-state index in [1.165, 1.54) is 0 Å². The first-order chi connectivity index (χ1) is 8.24. The van der Waals surface area contributed by atoms with E-state index in [0.29, 0.717) is 6.54 Å². The second kappa shape index (κ2) is 7.81. The smallest absolute Gasteiger partial charge is 0.234 e. The Hall–Kier alpha value is -1.39. The predicted molar refractivity (Wildman–Crippen MR) is 67.6 cm³/mol. The Morgan fingerprint density at radius 2 is 2.06 bits per heavy atom. The Kier molecular flexibility index (Phi) is 6.29.